The molecular weight excluding hydrogens is 316 g/mol. The van der Waals surface area contributed by atoms with Crippen LogP contribution in [0.2, 0.25) is 0 Å². The largest absolute Gasteiger partial charge is 0.451 e. The molecule has 0 unspecified atom stereocenters. The van der Waals surface area contributed by atoms with Crippen molar-refractivity contribution in [2.45, 2.75) is 90.3 Å². The van der Waals surface area contributed by atoms with Crippen molar-refractivity contribution in [2.24, 2.45) is 22.7 Å². The second-order valence-electron chi connectivity index (χ2n) is 9.95. The third-order valence-electron chi connectivity index (χ3n) is 8.18. The van der Waals surface area contributed by atoms with Crippen molar-refractivity contribution in [3.8, 4) is 0 Å². The normalized spacial score (nSPS) is 48.3. The van der Waals surface area contributed by atoms with Crippen LogP contribution in [0.25, 0.3) is 0 Å². The van der Waals surface area contributed by atoms with Gasteiger partial charge in [-0.2, -0.15) is 0 Å². The highest BCUT2D eigenvalue weighted by atomic mass is 16.6. The topological polar surface area (TPSA) is 52.6 Å². The van der Waals surface area contributed by atoms with Crippen LogP contribution in [0.4, 0.5) is 0 Å². The first-order chi connectivity index (χ1) is 11.7. The first kappa shape index (κ1) is 17.5. The van der Waals surface area contributed by atoms with E-state index in [9.17, 15) is 9.59 Å². The number of hydrogen-bond donors (Lipinski definition) is 0. The predicted molar refractivity (Wildman–Crippen MR) is 94.0 cm³/mol. The molecule has 1 heterocycles. The number of Topliss-reactive ketones (excluding diaryl/α,β-unsaturated/α-hetero) is 1. The van der Waals surface area contributed by atoms with Gasteiger partial charge < -0.3 is 9.47 Å². The molecule has 140 valence electrons. The fourth-order valence-corrected chi connectivity index (χ4v) is 7.23. The molecule has 2 bridgehead atoms. The van der Waals surface area contributed by atoms with E-state index in [1.54, 1.807) is 0 Å². The van der Waals surface area contributed by atoms with Gasteiger partial charge in [-0.05, 0) is 49.4 Å². The molecule has 0 aromatic carbocycles. The zero-order valence-corrected chi connectivity index (χ0v) is 16.2. The van der Waals surface area contributed by atoms with E-state index in [1.807, 2.05) is 6.92 Å². The Kier molecular flexibility index (Phi) is 3.72. The Balaban J connectivity index is 1.78. The number of esters is 1. The molecule has 4 heteroatoms. The van der Waals surface area contributed by atoms with Crippen LogP contribution in [0.3, 0.4) is 0 Å². The number of ketones is 1. The summed E-state index contributed by atoms with van der Waals surface area (Å²) in [5.74, 6) is 0.447. The zero-order chi connectivity index (χ0) is 18.1. The molecule has 3 saturated carbocycles. The number of fused-ring (bicyclic) bond motifs is 3. The molecule has 4 nitrogen and oxygen atoms in total. The smallest absolute Gasteiger partial charge is 0.309 e. The minimum absolute atomic E-state index is 0.0751. The van der Waals surface area contributed by atoms with Gasteiger partial charge in [0.1, 0.15) is 0 Å². The summed E-state index contributed by atoms with van der Waals surface area (Å²) in [4.78, 5) is 25.9. The van der Waals surface area contributed by atoms with E-state index in [2.05, 4.69) is 20.8 Å². The summed E-state index contributed by atoms with van der Waals surface area (Å²) in [6.45, 7) is 9.56. The minimum atomic E-state index is -0.929. The Morgan fingerprint density at radius 1 is 1.12 bits per heavy atom. The van der Waals surface area contributed by atoms with Crippen LogP contribution >= 0.6 is 0 Å². The number of hydrogen-bond acceptors (Lipinski definition) is 4. The summed E-state index contributed by atoms with van der Waals surface area (Å²) in [5.41, 5.74) is -1.16. The molecule has 4 fully saturated rings. The highest BCUT2D eigenvalue weighted by Gasteiger charge is 2.70. The molecule has 1 spiro atoms. The first-order valence-electron chi connectivity index (χ1n) is 10.1. The fourth-order valence-electron chi connectivity index (χ4n) is 7.23. The molecule has 3 aliphatic carbocycles. The molecule has 4 aliphatic rings. The van der Waals surface area contributed by atoms with E-state index >= 15 is 0 Å². The summed E-state index contributed by atoms with van der Waals surface area (Å²) in [5, 5.41) is 0. The maximum atomic E-state index is 13.4. The van der Waals surface area contributed by atoms with Crippen LogP contribution in [0.15, 0.2) is 0 Å². The Bertz CT molecular complexity index is 611. The molecule has 4 rings (SSSR count). The van der Waals surface area contributed by atoms with Gasteiger partial charge in [0.15, 0.2) is 11.4 Å². The third kappa shape index (κ3) is 2.28. The first-order valence-corrected chi connectivity index (χ1v) is 10.1. The Morgan fingerprint density at radius 3 is 2.60 bits per heavy atom. The molecule has 1 saturated heterocycles. The van der Waals surface area contributed by atoms with E-state index in [1.165, 1.54) is 12.8 Å². The molecule has 0 aromatic rings. The standard InChI is InChI=1S/C21H32O4/c1-5-24-20-10-7-14-19(4)9-6-8-18(2,3)15(19)11-16(22)21(14,13-20)25-17(23)12-20/h14-15H,5-13H2,1-4H3/t14-,15+,19-,20-,21-/m1/s1. The second kappa shape index (κ2) is 5.31. The van der Waals surface area contributed by atoms with Gasteiger partial charge in [0.2, 0.25) is 0 Å². The summed E-state index contributed by atoms with van der Waals surface area (Å²) < 4.78 is 12.0. The van der Waals surface area contributed by atoms with Crippen LogP contribution in [0.1, 0.15) is 79.1 Å². The van der Waals surface area contributed by atoms with Crippen molar-refractivity contribution in [3.63, 3.8) is 0 Å². The lowest BCUT2D eigenvalue weighted by atomic mass is 9.42. The van der Waals surface area contributed by atoms with Gasteiger partial charge in [0, 0.05) is 25.4 Å². The van der Waals surface area contributed by atoms with Gasteiger partial charge in [-0.1, -0.05) is 27.2 Å². The fraction of sp³-hybridized carbons (Fsp3) is 0.905. The highest BCUT2D eigenvalue weighted by Crippen LogP contribution is 2.66. The highest BCUT2D eigenvalue weighted by molar-refractivity contribution is 5.93. The Hall–Kier alpha value is -0.900. The zero-order valence-electron chi connectivity index (χ0n) is 16.2. The van der Waals surface area contributed by atoms with E-state index in [-0.39, 0.29) is 28.5 Å². The summed E-state index contributed by atoms with van der Waals surface area (Å²) in [6, 6.07) is 0. The van der Waals surface area contributed by atoms with Gasteiger partial charge in [0.05, 0.1) is 12.0 Å². The number of ether oxygens (including phenoxy) is 2. The average molecular weight is 348 g/mol. The number of carbonyl (C=O) groups is 2. The van der Waals surface area contributed by atoms with Crippen LogP contribution < -0.4 is 0 Å². The lowest BCUT2D eigenvalue weighted by Gasteiger charge is -2.65. The van der Waals surface area contributed by atoms with Gasteiger partial charge >= 0.3 is 5.97 Å². The van der Waals surface area contributed by atoms with E-state index < -0.39 is 11.2 Å². The molecule has 1 aliphatic heterocycles. The van der Waals surface area contributed by atoms with Gasteiger partial charge in [-0.15, -0.1) is 0 Å². The third-order valence-corrected chi connectivity index (χ3v) is 8.18. The van der Waals surface area contributed by atoms with Crippen LogP contribution in [-0.4, -0.2) is 29.6 Å². The van der Waals surface area contributed by atoms with Crippen LogP contribution in [0, 0.1) is 22.7 Å². The van der Waals surface area contributed by atoms with Gasteiger partial charge in [-0.3, -0.25) is 9.59 Å². The van der Waals surface area contributed by atoms with Crippen molar-refractivity contribution >= 4 is 11.8 Å². The molecule has 0 aromatic heterocycles. The van der Waals surface area contributed by atoms with Crippen LogP contribution in [0.5, 0.6) is 0 Å². The maximum Gasteiger partial charge on any atom is 0.309 e. The predicted octanol–water partition coefficient (Wildman–Crippen LogP) is 4.05. The quantitative estimate of drug-likeness (QED) is 0.706. The summed E-state index contributed by atoms with van der Waals surface area (Å²) >= 11 is 0. The molecule has 25 heavy (non-hydrogen) atoms. The lowest BCUT2D eigenvalue weighted by Crippen LogP contribution is -2.71. The monoisotopic (exact) mass is 348 g/mol. The van der Waals surface area contributed by atoms with Crippen molar-refractivity contribution in [3.05, 3.63) is 0 Å². The average Bonchev–Trinajstić information content (AvgIpc) is 2.49. The lowest BCUT2D eigenvalue weighted by molar-refractivity contribution is -0.253. The summed E-state index contributed by atoms with van der Waals surface area (Å²) in [6.07, 6.45) is 6.75. The maximum absolute atomic E-state index is 13.4. The van der Waals surface area contributed by atoms with E-state index in [0.29, 0.717) is 31.8 Å². The molecule has 0 N–H and O–H groups in total. The molecular formula is C21H32O4. The minimum Gasteiger partial charge on any atom is -0.451 e. The Morgan fingerprint density at radius 2 is 1.88 bits per heavy atom. The molecule has 5 atom stereocenters. The number of carbonyl (C=O) groups excluding carboxylic acids is 2. The number of rotatable bonds is 2. The van der Waals surface area contributed by atoms with Gasteiger partial charge in [0.25, 0.3) is 0 Å². The van der Waals surface area contributed by atoms with Crippen molar-refractivity contribution in [1.82, 2.24) is 0 Å². The SMILES string of the molecule is CCO[C@@]12CC[C@@H]3[C@@]4(C)CCCC(C)(C)[C@@H]4CC(=O)[C@]3(C1)OC(=O)C2. The van der Waals surface area contributed by atoms with Gasteiger partial charge in [-0.25, -0.2) is 0 Å². The van der Waals surface area contributed by atoms with Crippen LogP contribution in [-0.2, 0) is 19.1 Å². The second-order valence-corrected chi connectivity index (χ2v) is 9.95. The summed E-state index contributed by atoms with van der Waals surface area (Å²) in [7, 11) is 0. The van der Waals surface area contributed by atoms with Crippen molar-refractivity contribution in [2.75, 3.05) is 6.61 Å². The van der Waals surface area contributed by atoms with E-state index in [0.717, 1.165) is 19.3 Å². The molecule has 0 radical (unpaired) electrons. The van der Waals surface area contributed by atoms with Crippen molar-refractivity contribution < 1.29 is 19.1 Å². The van der Waals surface area contributed by atoms with Crippen molar-refractivity contribution in [1.29, 1.82) is 0 Å². The van der Waals surface area contributed by atoms with E-state index in [4.69, 9.17) is 9.47 Å². The Labute approximate surface area is 151 Å². The molecule has 0 amide bonds.